The summed E-state index contributed by atoms with van der Waals surface area (Å²) >= 11 is 0. The van der Waals surface area contributed by atoms with Crippen LogP contribution in [0.5, 0.6) is 23.0 Å². The maximum atomic E-state index is 15.1. The maximum absolute atomic E-state index is 15.1. The lowest BCUT2D eigenvalue weighted by Gasteiger charge is -2.35. The molecular formula is C34H51O7P. The van der Waals surface area contributed by atoms with E-state index in [0.29, 0.717) is 35.8 Å². The largest absolute Gasteiger partial charge is 0.496 e. The van der Waals surface area contributed by atoms with Crippen molar-refractivity contribution in [2.45, 2.75) is 79.5 Å². The molecule has 0 radical (unpaired) electrons. The molecule has 0 amide bonds. The van der Waals surface area contributed by atoms with Gasteiger partial charge in [0.05, 0.1) is 47.6 Å². The van der Waals surface area contributed by atoms with Crippen LogP contribution in [0.3, 0.4) is 0 Å². The van der Waals surface area contributed by atoms with E-state index in [1.54, 1.807) is 36.4 Å². The van der Waals surface area contributed by atoms with Gasteiger partial charge in [0.1, 0.15) is 34.1 Å². The molecule has 234 valence electrons. The van der Waals surface area contributed by atoms with E-state index in [-0.39, 0.29) is 45.4 Å². The van der Waals surface area contributed by atoms with E-state index in [4.69, 9.17) is 18.9 Å². The molecule has 0 bridgehead atoms. The maximum Gasteiger partial charge on any atom is 0.180 e. The summed E-state index contributed by atoms with van der Waals surface area (Å²) in [5.74, 6) is 0.122. The molecule has 0 spiro atoms. The normalized spacial score (nSPS) is 15.6. The molecule has 2 aromatic rings. The first kappa shape index (κ1) is 35.4. The Labute approximate surface area is 253 Å². The molecule has 7 nitrogen and oxygen atoms in total. The Balaban J connectivity index is 2.85. The first-order valence-corrected chi connectivity index (χ1v) is 16.1. The van der Waals surface area contributed by atoms with Crippen LogP contribution >= 0.6 is 7.80 Å². The van der Waals surface area contributed by atoms with Gasteiger partial charge in [-0.25, -0.2) is 0 Å². The van der Waals surface area contributed by atoms with E-state index < -0.39 is 19.1 Å². The molecule has 4 unspecified atom stereocenters. The van der Waals surface area contributed by atoms with Gasteiger partial charge in [-0.2, -0.15) is 0 Å². The van der Waals surface area contributed by atoms with Crippen molar-refractivity contribution < 1.29 is 33.1 Å². The third-order valence-electron chi connectivity index (χ3n) is 7.53. The van der Waals surface area contributed by atoms with Crippen LogP contribution in [0.1, 0.15) is 88.9 Å². The van der Waals surface area contributed by atoms with Crippen molar-refractivity contribution in [1.29, 1.82) is 0 Å². The van der Waals surface area contributed by atoms with Crippen LogP contribution < -0.4 is 18.9 Å². The third kappa shape index (κ3) is 8.63. The van der Waals surface area contributed by atoms with Crippen LogP contribution in [0.15, 0.2) is 36.4 Å². The molecule has 42 heavy (non-hydrogen) atoms. The predicted molar refractivity (Wildman–Crippen MR) is 171 cm³/mol. The molecule has 8 heteroatoms. The van der Waals surface area contributed by atoms with Crippen molar-refractivity contribution >= 4 is 19.4 Å². The fourth-order valence-corrected chi connectivity index (χ4v) is 8.75. The number of hydrogen-bond acceptors (Lipinski definition) is 7. The highest BCUT2D eigenvalue weighted by Crippen LogP contribution is 2.51. The molecule has 0 saturated heterocycles. The molecule has 0 aromatic heterocycles. The number of Topliss-reactive ketones (excluding diaryl/α,β-unsaturated/α-hetero) is 2. The van der Waals surface area contributed by atoms with E-state index in [1.165, 1.54) is 28.4 Å². The average Bonchev–Trinajstić information content (AvgIpc) is 2.89. The zero-order chi connectivity index (χ0) is 32.0. The molecule has 0 fully saturated rings. The van der Waals surface area contributed by atoms with Crippen LogP contribution in [0.2, 0.25) is 0 Å². The summed E-state index contributed by atoms with van der Waals surface area (Å²) in [5.41, 5.74) is -1.67. The van der Waals surface area contributed by atoms with E-state index in [2.05, 4.69) is 41.5 Å². The Morgan fingerprint density at radius 2 is 0.881 bits per heavy atom. The van der Waals surface area contributed by atoms with Gasteiger partial charge >= 0.3 is 0 Å². The number of carbonyl (C=O) groups is 2. The highest BCUT2D eigenvalue weighted by molar-refractivity contribution is 7.49. The predicted octanol–water partition coefficient (Wildman–Crippen LogP) is 8.23. The van der Waals surface area contributed by atoms with Gasteiger partial charge in [0.2, 0.25) is 0 Å². The lowest BCUT2D eigenvalue weighted by molar-refractivity contribution is 0.0945. The first-order valence-electron chi connectivity index (χ1n) is 14.5. The zero-order valence-electron chi connectivity index (χ0n) is 27.5. The fraction of sp³-hybridized carbons (Fsp3) is 0.588. The minimum absolute atomic E-state index is 0.145. The van der Waals surface area contributed by atoms with Crippen molar-refractivity contribution in [2.75, 3.05) is 28.4 Å². The molecule has 2 rings (SSSR count). The standard InChI is InChI=1S/C34H51O7P/c1-21(19-33(3,4)5)31(29(35)27-23(38-9)15-13-16-24(27)39-10)42(37)32(22(2)20-34(6,7)8)30(36)28-25(40-11)17-14-18-26(28)41-12/h13-18,21-22,31-32,42H,19-20H2,1-12H3. The topological polar surface area (TPSA) is 88.1 Å². The summed E-state index contributed by atoms with van der Waals surface area (Å²) in [7, 11) is 3.01. The summed E-state index contributed by atoms with van der Waals surface area (Å²) in [6.07, 6.45) is 1.26. The Hall–Kier alpha value is -2.79. The van der Waals surface area contributed by atoms with Crippen molar-refractivity contribution in [3.8, 4) is 23.0 Å². The summed E-state index contributed by atoms with van der Waals surface area (Å²) in [6, 6.07) is 10.3. The van der Waals surface area contributed by atoms with Gasteiger partial charge in [-0.15, -0.1) is 0 Å². The smallest absolute Gasteiger partial charge is 0.180 e. The van der Waals surface area contributed by atoms with Gasteiger partial charge in [-0.1, -0.05) is 67.5 Å². The van der Waals surface area contributed by atoms with Gasteiger partial charge in [0, 0.05) is 0 Å². The van der Waals surface area contributed by atoms with E-state index in [1.807, 2.05) is 13.8 Å². The average molecular weight is 603 g/mol. The number of rotatable bonds is 14. The number of hydrogen-bond donors (Lipinski definition) is 0. The molecule has 0 heterocycles. The van der Waals surface area contributed by atoms with Crippen molar-refractivity contribution in [1.82, 2.24) is 0 Å². The second-order valence-electron chi connectivity index (χ2n) is 13.6. The summed E-state index contributed by atoms with van der Waals surface area (Å²) in [4.78, 5) is 29.2. The summed E-state index contributed by atoms with van der Waals surface area (Å²) in [5, 5.41) is 0. The fourth-order valence-electron chi connectivity index (χ4n) is 6.20. The number of benzene rings is 2. The summed E-state index contributed by atoms with van der Waals surface area (Å²) < 4.78 is 37.4. The van der Waals surface area contributed by atoms with E-state index in [9.17, 15) is 9.59 Å². The number of ether oxygens (including phenoxy) is 4. The molecule has 0 saturated carbocycles. The SMILES string of the molecule is COc1cccc(OC)c1C(=O)C(C(C)CC(C)(C)C)[PH](=O)C(C(=O)c1c(OC)cccc1OC)C(C)CC(C)(C)C. The molecule has 0 aliphatic carbocycles. The molecule has 2 aromatic carbocycles. The summed E-state index contributed by atoms with van der Waals surface area (Å²) in [6.45, 7) is 16.5. The van der Waals surface area contributed by atoms with E-state index >= 15 is 4.57 Å². The number of methoxy groups -OCH3 is 4. The second-order valence-corrected chi connectivity index (χ2v) is 15.7. The minimum atomic E-state index is -2.97. The zero-order valence-corrected chi connectivity index (χ0v) is 28.5. The van der Waals surface area contributed by atoms with Crippen LogP contribution in [0, 0.1) is 22.7 Å². The van der Waals surface area contributed by atoms with Gasteiger partial charge in [0.15, 0.2) is 11.6 Å². The molecule has 0 aliphatic heterocycles. The third-order valence-corrected chi connectivity index (χ3v) is 10.4. The molecule has 0 aliphatic rings. The van der Waals surface area contributed by atoms with Crippen molar-refractivity contribution in [3.63, 3.8) is 0 Å². The highest BCUT2D eigenvalue weighted by Gasteiger charge is 2.45. The quantitative estimate of drug-likeness (QED) is 0.159. The van der Waals surface area contributed by atoms with Crippen molar-refractivity contribution in [3.05, 3.63) is 47.5 Å². The molecular weight excluding hydrogens is 551 g/mol. The Morgan fingerprint density at radius 3 is 1.10 bits per heavy atom. The van der Waals surface area contributed by atoms with Crippen LogP contribution in [-0.2, 0) is 4.57 Å². The molecule has 4 atom stereocenters. The van der Waals surface area contributed by atoms with Crippen LogP contribution in [0.4, 0.5) is 0 Å². The number of ketones is 2. The number of carbonyl (C=O) groups excluding carboxylic acids is 2. The highest BCUT2D eigenvalue weighted by atomic mass is 31.1. The Morgan fingerprint density at radius 1 is 0.619 bits per heavy atom. The molecule has 0 N–H and O–H groups in total. The van der Waals surface area contributed by atoms with Gasteiger partial charge < -0.3 is 23.5 Å². The van der Waals surface area contributed by atoms with Gasteiger partial charge in [-0.3, -0.25) is 9.59 Å². The Kier molecular flexibility index (Phi) is 12.3. The lowest BCUT2D eigenvalue weighted by Crippen LogP contribution is -2.36. The second kappa shape index (κ2) is 14.6. The minimum Gasteiger partial charge on any atom is -0.496 e. The van der Waals surface area contributed by atoms with Crippen LogP contribution in [-0.4, -0.2) is 51.3 Å². The van der Waals surface area contributed by atoms with Gasteiger partial charge in [-0.05, 0) is 59.8 Å². The monoisotopic (exact) mass is 602 g/mol. The lowest BCUT2D eigenvalue weighted by atomic mass is 9.82. The first-order chi connectivity index (χ1) is 19.5. The van der Waals surface area contributed by atoms with Gasteiger partial charge in [0.25, 0.3) is 0 Å². The van der Waals surface area contributed by atoms with E-state index in [0.717, 1.165) is 0 Å². The van der Waals surface area contributed by atoms with Crippen LogP contribution in [0.25, 0.3) is 0 Å². The Bertz CT molecular complexity index is 1120. The van der Waals surface area contributed by atoms with Crippen molar-refractivity contribution in [2.24, 2.45) is 22.7 Å².